The minimum atomic E-state index is 0.317. The van der Waals surface area contributed by atoms with Gasteiger partial charge in [0.15, 0.2) is 0 Å². The van der Waals surface area contributed by atoms with Gasteiger partial charge in [0.05, 0.1) is 6.61 Å². The van der Waals surface area contributed by atoms with E-state index in [1.807, 2.05) is 28.5 Å². The summed E-state index contributed by atoms with van der Waals surface area (Å²) in [6.45, 7) is 11.4. The molecule has 86 valence electrons. The number of hydrogen-bond acceptors (Lipinski definition) is 4. The number of ether oxygens (including phenoxy) is 1. The first-order valence-electron chi connectivity index (χ1n) is 4.58. The lowest BCUT2D eigenvalue weighted by Crippen LogP contribution is -1.89. The monoisotopic (exact) mass is 272 g/mol. The summed E-state index contributed by atoms with van der Waals surface area (Å²) in [5.74, 6) is 0. The lowest BCUT2D eigenvalue weighted by atomic mass is 10.6. The molecule has 0 fully saturated rings. The molecule has 0 aromatic carbocycles. The van der Waals surface area contributed by atoms with Crippen LogP contribution in [0.4, 0.5) is 0 Å². The van der Waals surface area contributed by atoms with Gasteiger partial charge in [-0.05, 0) is 19.1 Å². The Labute approximate surface area is 107 Å². The van der Waals surface area contributed by atoms with Gasteiger partial charge in [-0.3, -0.25) is 0 Å². The molecule has 0 aliphatic rings. The Kier molecular flexibility index (Phi) is 14.9. The maximum absolute atomic E-state index is 4.64. The van der Waals surface area contributed by atoms with Crippen LogP contribution in [0, 0.1) is 0 Å². The summed E-state index contributed by atoms with van der Waals surface area (Å²) in [5.41, 5.74) is 0. The van der Waals surface area contributed by atoms with Gasteiger partial charge in [-0.25, -0.2) is 0 Å². The van der Waals surface area contributed by atoms with Crippen LogP contribution in [-0.4, -0.2) is 21.5 Å². The predicted octanol–water partition coefficient (Wildman–Crippen LogP) is 4.42. The van der Waals surface area contributed by atoms with E-state index in [9.17, 15) is 0 Å². The molecular formula is C9H20OS4. The van der Waals surface area contributed by atoms with E-state index in [4.69, 9.17) is 0 Å². The van der Waals surface area contributed by atoms with Gasteiger partial charge in [0, 0.05) is 10.5 Å². The minimum absolute atomic E-state index is 0.317. The Bertz CT molecular complexity index is 129. The molecule has 0 radical (unpaired) electrons. The molecule has 0 saturated carbocycles. The van der Waals surface area contributed by atoms with E-state index >= 15 is 0 Å². The zero-order valence-electron chi connectivity index (χ0n) is 9.44. The average Bonchev–Trinajstić information content (AvgIpc) is 2.01. The van der Waals surface area contributed by atoms with E-state index in [2.05, 4.69) is 57.3 Å². The Morgan fingerprint density at radius 3 is 1.64 bits per heavy atom. The average molecular weight is 273 g/mol. The summed E-state index contributed by atoms with van der Waals surface area (Å²) in [6.07, 6.45) is 0. The Hall–Kier alpha value is 0.940. The van der Waals surface area contributed by atoms with E-state index in [1.54, 1.807) is 0 Å². The van der Waals surface area contributed by atoms with Crippen molar-refractivity contribution in [1.82, 2.24) is 0 Å². The summed E-state index contributed by atoms with van der Waals surface area (Å²) in [5, 5.41) is 1.53. The zero-order valence-corrected chi connectivity index (χ0v) is 12.8. The molecule has 0 spiro atoms. The van der Waals surface area contributed by atoms with Crippen molar-refractivity contribution in [3.63, 3.8) is 0 Å². The number of rotatable bonds is 4. The molecule has 0 aliphatic carbocycles. The first-order valence-corrected chi connectivity index (χ1v) is 7.71. The van der Waals surface area contributed by atoms with Crippen molar-refractivity contribution in [3.8, 4) is 0 Å². The van der Waals surface area contributed by atoms with Crippen LogP contribution in [0.15, 0.2) is 0 Å². The molecule has 0 unspecified atom stereocenters. The third-order valence-electron chi connectivity index (χ3n) is 0.708. The van der Waals surface area contributed by atoms with Gasteiger partial charge in [0.2, 0.25) is 4.38 Å². The van der Waals surface area contributed by atoms with Gasteiger partial charge >= 0.3 is 0 Å². The summed E-state index contributed by atoms with van der Waals surface area (Å²) in [6, 6.07) is 0. The van der Waals surface area contributed by atoms with E-state index < -0.39 is 0 Å². The van der Waals surface area contributed by atoms with Gasteiger partial charge in [-0.1, -0.05) is 61.9 Å². The van der Waals surface area contributed by atoms with Crippen molar-refractivity contribution in [2.75, 3.05) is 6.61 Å². The lowest BCUT2D eigenvalue weighted by molar-refractivity contribution is 0.346. The molecule has 0 aliphatic heterocycles. The fourth-order valence-corrected chi connectivity index (χ4v) is 2.37. The molecular weight excluding hydrogens is 252 g/mol. The summed E-state index contributed by atoms with van der Waals surface area (Å²) >= 11 is 8.12. The van der Waals surface area contributed by atoms with Crippen LogP contribution < -0.4 is 0 Å². The molecule has 1 nitrogen and oxygen atoms in total. The van der Waals surface area contributed by atoms with Crippen molar-refractivity contribution in [2.24, 2.45) is 0 Å². The topological polar surface area (TPSA) is 9.23 Å². The fraction of sp³-hybridized carbons (Fsp3) is 0.889. The largest absolute Gasteiger partial charge is 0.479 e. The molecule has 0 bridgehead atoms. The Balaban J connectivity index is 0. The Morgan fingerprint density at radius 1 is 1.21 bits per heavy atom. The predicted molar refractivity (Wildman–Crippen MR) is 78.7 cm³/mol. The molecule has 0 aromatic heterocycles. The first kappa shape index (κ1) is 17.3. The highest BCUT2D eigenvalue weighted by Gasteiger charge is 1.96. The van der Waals surface area contributed by atoms with E-state index in [0.29, 0.717) is 11.0 Å². The minimum Gasteiger partial charge on any atom is -0.479 e. The molecule has 0 atom stereocenters. The number of thiocarbonyl (C=S) groups is 1. The second-order valence-corrected chi connectivity index (χ2v) is 7.49. The van der Waals surface area contributed by atoms with Crippen LogP contribution in [0.5, 0.6) is 0 Å². The first-order chi connectivity index (χ1) is 6.40. The molecule has 0 N–H and O–H groups in total. The summed E-state index contributed by atoms with van der Waals surface area (Å²) < 4.78 is 4.95. The fourth-order valence-electron chi connectivity index (χ4n) is 0.346. The van der Waals surface area contributed by atoms with Crippen LogP contribution in [0.2, 0.25) is 0 Å². The molecule has 0 rings (SSSR count). The number of hydrogen-bond donors (Lipinski definition) is 1. The molecule has 0 saturated heterocycles. The van der Waals surface area contributed by atoms with Crippen molar-refractivity contribution in [1.29, 1.82) is 0 Å². The SMILES string of the molecule is CC(C)SSC(C)C.CCOC(=S)S. The molecule has 0 aromatic rings. The second-order valence-electron chi connectivity index (χ2n) is 2.99. The quantitative estimate of drug-likeness (QED) is 0.460. The molecule has 0 heterocycles. The van der Waals surface area contributed by atoms with Crippen molar-refractivity contribution in [2.45, 2.75) is 45.1 Å². The third-order valence-corrected chi connectivity index (χ3v) is 4.48. The van der Waals surface area contributed by atoms with Gasteiger partial charge in [0.1, 0.15) is 0 Å². The normalized spacial score (nSPS) is 9.71. The standard InChI is InChI=1S/C6H14S2.C3H6OS2/c1-5(2)7-8-6(3)4;1-2-4-3(5)6/h5-6H,1-4H3;2H2,1H3,(H,5,6). The van der Waals surface area contributed by atoms with E-state index in [-0.39, 0.29) is 0 Å². The smallest absolute Gasteiger partial charge is 0.216 e. The van der Waals surface area contributed by atoms with Crippen LogP contribution in [-0.2, 0) is 4.74 Å². The second kappa shape index (κ2) is 12.0. The van der Waals surface area contributed by atoms with Gasteiger partial charge < -0.3 is 4.74 Å². The molecule has 14 heavy (non-hydrogen) atoms. The van der Waals surface area contributed by atoms with Crippen molar-refractivity contribution >= 4 is 50.8 Å². The lowest BCUT2D eigenvalue weighted by Gasteiger charge is -2.04. The summed E-state index contributed by atoms with van der Waals surface area (Å²) in [4.78, 5) is 0. The number of thiol groups is 1. The van der Waals surface area contributed by atoms with Gasteiger partial charge in [-0.2, -0.15) is 0 Å². The molecule has 0 amide bonds. The maximum Gasteiger partial charge on any atom is 0.216 e. The molecule has 5 heteroatoms. The van der Waals surface area contributed by atoms with Crippen LogP contribution >= 0.6 is 46.4 Å². The van der Waals surface area contributed by atoms with Crippen LogP contribution in [0.3, 0.4) is 0 Å². The third kappa shape index (κ3) is 23.1. The van der Waals surface area contributed by atoms with Crippen LogP contribution in [0.1, 0.15) is 34.6 Å². The highest BCUT2D eigenvalue weighted by molar-refractivity contribution is 8.77. The van der Waals surface area contributed by atoms with Gasteiger partial charge in [-0.15, -0.1) is 0 Å². The Morgan fingerprint density at radius 2 is 1.57 bits per heavy atom. The summed E-state index contributed by atoms with van der Waals surface area (Å²) in [7, 11) is 3.91. The van der Waals surface area contributed by atoms with Gasteiger partial charge in [0.25, 0.3) is 0 Å². The highest BCUT2D eigenvalue weighted by atomic mass is 33.1. The van der Waals surface area contributed by atoms with Crippen molar-refractivity contribution < 1.29 is 4.74 Å². The van der Waals surface area contributed by atoms with Crippen molar-refractivity contribution in [3.05, 3.63) is 0 Å². The highest BCUT2D eigenvalue weighted by Crippen LogP contribution is 2.29. The van der Waals surface area contributed by atoms with E-state index in [1.165, 1.54) is 0 Å². The maximum atomic E-state index is 4.64. The van der Waals surface area contributed by atoms with Crippen LogP contribution in [0.25, 0.3) is 0 Å². The zero-order chi connectivity index (χ0) is 11.6. The van der Waals surface area contributed by atoms with E-state index in [0.717, 1.165) is 10.5 Å².